The van der Waals surface area contributed by atoms with E-state index in [4.69, 9.17) is 15.2 Å². The van der Waals surface area contributed by atoms with E-state index in [1.165, 1.54) is 4.90 Å². The first-order chi connectivity index (χ1) is 16.6. The van der Waals surface area contributed by atoms with Crippen molar-refractivity contribution in [3.05, 3.63) is 48.7 Å². The zero-order valence-electron chi connectivity index (χ0n) is 19.4. The quantitative estimate of drug-likeness (QED) is 0.339. The summed E-state index contributed by atoms with van der Waals surface area (Å²) in [7, 11) is 1.64. The predicted molar refractivity (Wildman–Crippen MR) is 128 cm³/mol. The lowest BCUT2D eigenvalue weighted by Crippen LogP contribution is -2.50. The molecule has 178 valence electrons. The summed E-state index contributed by atoms with van der Waals surface area (Å²) in [6, 6.07) is 5.69. The Kier molecular flexibility index (Phi) is 5.25. The van der Waals surface area contributed by atoms with Crippen LogP contribution in [-0.2, 0) is 9.59 Å². The third-order valence-corrected chi connectivity index (χ3v) is 8.27. The number of nitrogens with zero attached hydrogens (tertiary/aromatic N) is 1. The Morgan fingerprint density at radius 3 is 2.32 bits per heavy atom. The van der Waals surface area contributed by atoms with Crippen LogP contribution in [0.3, 0.4) is 0 Å². The molecule has 34 heavy (non-hydrogen) atoms. The molecule has 0 spiro atoms. The molecule has 7 nitrogen and oxygen atoms in total. The Hall–Kier alpha value is -3.06. The van der Waals surface area contributed by atoms with Gasteiger partial charge in [0.2, 0.25) is 11.8 Å². The molecule has 4 aliphatic carbocycles. The van der Waals surface area contributed by atoms with E-state index in [-0.39, 0.29) is 41.5 Å². The van der Waals surface area contributed by atoms with E-state index < -0.39 is 0 Å². The molecule has 7 unspecified atom stereocenters. The van der Waals surface area contributed by atoms with Crippen molar-refractivity contribution in [1.82, 2.24) is 9.88 Å². The van der Waals surface area contributed by atoms with E-state index >= 15 is 0 Å². The summed E-state index contributed by atoms with van der Waals surface area (Å²) in [5, 5.41) is 0.964. The van der Waals surface area contributed by atoms with Gasteiger partial charge in [0.05, 0.1) is 18.9 Å². The number of hydrogen-bond acceptors (Lipinski definition) is 5. The van der Waals surface area contributed by atoms with E-state index in [0.29, 0.717) is 25.0 Å². The first-order valence-corrected chi connectivity index (χ1v) is 12.3. The number of nitrogens with two attached hydrogens (primary N) is 1. The van der Waals surface area contributed by atoms with Crippen LogP contribution in [0.15, 0.2) is 48.7 Å². The number of ether oxygens (including phenoxy) is 2. The fraction of sp³-hybridized carbons (Fsp3) is 0.481. The third-order valence-electron chi connectivity index (χ3n) is 8.27. The van der Waals surface area contributed by atoms with Crippen molar-refractivity contribution >= 4 is 22.7 Å². The van der Waals surface area contributed by atoms with Crippen molar-refractivity contribution in [2.75, 3.05) is 20.3 Å². The number of H-pyrrole nitrogens is 1. The Balaban J connectivity index is 0.988. The highest BCUT2D eigenvalue weighted by atomic mass is 16.5. The average Bonchev–Trinajstić information content (AvgIpc) is 3.34. The number of carbonyl (C=O) groups is 2. The zero-order chi connectivity index (χ0) is 23.4. The minimum absolute atomic E-state index is 0.0375. The minimum atomic E-state index is -0.154. The fourth-order valence-corrected chi connectivity index (χ4v) is 6.45. The number of unbranched alkanes of at least 4 members (excludes halogenated alkanes) is 1. The van der Waals surface area contributed by atoms with Crippen molar-refractivity contribution in [3.8, 4) is 11.5 Å². The highest BCUT2D eigenvalue weighted by molar-refractivity contribution is 6.06. The summed E-state index contributed by atoms with van der Waals surface area (Å²) in [5.41, 5.74) is 7.28. The number of imide groups is 1. The van der Waals surface area contributed by atoms with Crippen LogP contribution in [0.5, 0.6) is 11.5 Å². The van der Waals surface area contributed by atoms with E-state index in [1.54, 1.807) is 7.11 Å². The molecule has 1 saturated heterocycles. The van der Waals surface area contributed by atoms with Crippen molar-refractivity contribution in [2.45, 2.75) is 25.3 Å². The molecule has 7 heteroatoms. The second-order valence-electron chi connectivity index (χ2n) is 10.1. The Morgan fingerprint density at radius 1 is 1.00 bits per heavy atom. The number of nitrogens with one attached hydrogen (secondary N) is 1. The number of aromatic nitrogens is 1. The molecular weight excluding hydrogens is 430 g/mol. The zero-order valence-corrected chi connectivity index (χ0v) is 19.4. The van der Waals surface area contributed by atoms with Gasteiger partial charge in [0.15, 0.2) is 0 Å². The van der Waals surface area contributed by atoms with Crippen LogP contribution in [0.2, 0.25) is 0 Å². The lowest BCUT2D eigenvalue weighted by Gasteiger charge is -2.51. The standard InChI is InChI=1S/C27H31N3O4/c1-33-16-5-10-22-21(12-16)23(13-29-22)34-14-15(28)4-2-3-11-30-26(31)24-19-8-9-20(25(24)27(30)32)18-7-6-17(18)19/h5-10,12-13,15,17-20,24-25,29H,2-4,11,14,28H2,1H3. The third kappa shape index (κ3) is 3.28. The van der Waals surface area contributed by atoms with Gasteiger partial charge in [0, 0.05) is 29.7 Å². The second kappa shape index (κ2) is 8.31. The van der Waals surface area contributed by atoms with E-state index in [9.17, 15) is 9.59 Å². The van der Waals surface area contributed by atoms with Crippen LogP contribution in [0.25, 0.3) is 10.9 Å². The van der Waals surface area contributed by atoms with Crippen LogP contribution in [-0.4, -0.2) is 48.0 Å². The summed E-state index contributed by atoms with van der Waals surface area (Å²) in [4.78, 5) is 31.0. The largest absolute Gasteiger partial charge is 0.497 e. The molecule has 2 aromatic rings. The summed E-state index contributed by atoms with van der Waals surface area (Å²) in [6.07, 6.45) is 13.0. The highest BCUT2D eigenvalue weighted by Gasteiger charge is 2.62. The summed E-state index contributed by atoms with van der Waals surface area (Å²) in [6.45, 7) is 0.892. The summed E-state index contributed by atoms with van der Waals surface area (Å²) >= 11 is 0. The average molecular weight is 462 g/mol. The van der Waals surface area contributed by atoms with Crippen molar-refractivity contribution < 1.29 is 19.1 Å². The molecule has 2 amide bonds. The molecule has 2 heterocycles. The number of allylic oxidation sites excluding steroid dienone is 4. The van der Waals surface area contributed by atoms with Crippen molar-refractivity contribution in [1.29, 1.82) is 0 Å². The van der Waals surface area contributed by atoms with Crippen LogP contribution in [0.4, 0.5) is 0 Å². The second-order valence-corrected chi connectivity index (χ2v) is 10.1. The number of rotatable bonds is 9. The molecule has 1 aromatic heterocycles. The molecule has 3 N–H and O–H groups in total. The van der Waals surface area contributed by atoms with Gasteiger partial charge in [-0.25, -0.2) is 0 Å². The molecule has 1 saturated carbocycles. The number of benzene rings is 1. The number of likely N-dealkylation sites (tertiary alicyclic amines) is 1. The van der Waals surface area contributed by atoms with Gasteiger partial charge in [-0.3, -0.25) is 14.5 Å². The summed E-state index contributed by atoms with van der Waals surface area (Å²) < 4.78 is 11.3. The maximum atomic E-state index is 13.1. The molecule has 0 radical (unpaired) electrons. The molecule has 2 bridgehead atoms. The van der Waals surface area contributed by atoms with Gasteiger partial charge < -0.3 is 20.2 Å². The number of hydrogen-bond donors (Lipinski definition) is 2. The van der Waals surface area contributed by atoms with E-state index in [0.717, 1.165) is 41.7 Å². The first kappa shape index (κ1) is 21.5. The van der Waals surface area contributed by atoms with Gasteiger partial charge in [-0.15, -0.1) is 0 Å². The maximum Gasteiger partial charge on any atom is 0.233 e. The molecule has 1 aliphatic heterocycles. The monoisotopic (exact) mass is 461 g/mol. The lowest BCUT2D eigenvalue weighted by molar-refractivity contribution is -0.140. The number of methoxy groups -OCH3 is 1. The smallest absolute Gasteiger partial charge is 0.233 e. The lowest BCUT2D eigenvalue weighted by atomic mass is 9.50. The van der Waals surface area contributed by atoms with Crippen LogP contribution in [0.1, 0.15) is 19.3 Å². The normalized spacial score (nSPS) is 31.5. The van der Waals surface area contributed by atoms with Gasteiger partial charge in [0.25, 0.3) is 0 Å². The van der Waals surface area contributed by atoms with Gasteiger partial charge in [-0.1, -0.05) is 30.7 Å². The highest BCUT2D eigenvalue weighted by Crippen LogP contribution is 2.58. The first-order valence-electron chi connectivity index (χ1n) is 12.3. The Bertz CT molecular complexity index is 1140. The van der Waals surface area contributed by atoms with Gasteiger partial charge in [-0.05, 0) is 54.7 Å². The van der Waals surface area contributed by atoms with E-state index in [2.05, 4.69) is 29.3 Å². The minimum Gasteiger partial charge on any atom is -0.497 e. The van der Waals surface area contributed by atoms with Crippen LogP contribution < -0.4 is 15.2 Å². The number of carbonyl (C=O) groups excluding carboxylic acids is 2. The number of aromatic amines is 1. The Labute approximate surface area is 199 Å². The molecule has 7 atom stereocenters. The van der Waals surface area contributed by atoms with Crippen LogP contribution >= 0.6 is 0 Å². The number of amides is 2. The fourth-order valence-electron chi connectivity index (χ4n) is 6.45. The van der Waals surface area contributed by atoms with Crippen molar-refractivity contribution in [2.24, 2.45) is 41.2 Å². The molecule has 7 rings (SSSR count). The van der Waals surface area contributed by atoms with Gasteiger partial charge in [-0.2, -0.15) is 0 Å². The van der Waals surface area contributed by atoms with Crippen LogP contribution in [0, 0.1) is 35.5 Å². The van der Waals surface area contributed by atoms with Crippen molar-refractivity contribution in [3.63, 3.8) is 0 Å². The molecule has 1 aromatic carbocycles. The maximum absolute atomic E-state index is 13.1. The predicted octanol–water partition coefficient (Wildman–Crippen LogP) is 3.27. The molecule has 2 fully saturated rings. The molecule has 5 aliphatic rings. The SMILES string of the molecule is COc1ccc2[nH]cc(OCC(N)CCCCN3C(=O)C4C5C=CC(C6C=CC65)C4C3=O)c2c1. The Morgan fingerprint density at radius 2 is 1.68 bits per heavy atom. The summed E-state index contributed by atoms with van der Waals surface area (Å²) in [5.74, 6) is 2.59. The number of fused-ring (bicyclic) bond motifs is 1. The van der Waals surface area contributed by atoms with E-state index in [1.807, 2.05) is 24.4 Å². The topological polar surface area (TPSA) is 97.7 Å². The molecular formula is C27H31N3O4. The van der Waals surface area contributed by atoms with Gasteiger partial charge >= 0.3 is 0 Å². The van der Waals surface area contributed by atoms with Gasteiger partial charge in [0.1, 0.15) is 18.1 Å².